The molecule has 1 fully saturated rings. The van der Waals surface area contributed by atoms with E-state index in [1.54, 1.807) is 6.07 Å². The number of phenols is 1. The van der Waals surface area contributed by atoms with Gasteiger partial charge in [0.25, 0.3) is 0 Å². The first-order valence-corrected chi connectivity index (χ1v) is 8.45. The number of hydrogen-bond donors (Lipinski definition) is 1. The maximum Gasteiger partial charge on any atom is 0.248 e. The molecule has 1 N–H and O–H groups in total. The molecule has 25 heavy (non-hydrogen) atoms. The van der Waals surface area contributed by atoms with Crippen LogP contribution in [0, 0.1) is 0 Å². The third-order valence-corrected chi connectivity index (χ3v) is 4.71. The van der Waals surface area contributed by atoms with E-state index in [-0.39, 0.29) is 37.5 Å². The summed E-state index contributed by atoms with van der Waals surface area (Å²) < 4.78 is 26.7. The zero-order chi connectivity index (χ0) is 17.9. The Hall–Kier alpha value is -2.43. The predicted octanol–water partition coefficient (Wildman–Crippen LogP) is 4.52. The van der Waals surface area contributed by atoms with Gasteiger partial charge in [0.1, 0.15) is 5.75 Å². The zero-order valence-corrected chi connectivity index (χ0v) is 13.9. The maximum absolute atomic E-state index is 13.4. The van der Waals surface area contributed by atoms with Crippen LogP contribution in [0.15, 0.2) is 48.5 Å². The first-order chi connectivity index (χ1) is 12.0. The quantitative estimate of drug-likeness (QED) is 0.809. The second kappa shape index (κ2) is 7.21. The highest BCUT2D eigenvalue weighted by Crippen LogP contribution is 2.37. The lowest BCUT2D eigenvalue weighted by Gasteiger charge is -2.34. The summed E-state index contributed by atoms with van der Waals surface area (Å²) in [5.41, 5.74) is 2.51. The summed E-state index contributed by atoms with van der Waals surface area (Å²) >= 11 is 0. The van der Waals surface area contributed by atoms with E-state index in [0.29, 0.717) is 18.5 Å². The molecule has 0 atom stereocenters. The average molecular weight is 345 g/mol. The molecule has 2 aromatic carbocycles. The molecule has 5 heteroatoms. The van der Waals surface area contributed by atoms with Gasteiger partial charge in [-0.15, -0.1) is 0 Å². The summed E-state index contributed by atoms with van der Waals surface area (Å²) in [5.74, 6) is -2.57. The molecule has 2 aromatic rings. The number of rotatable bonds is 5. The Kier molecular flexibility index (Phi) is 5.02. The molecule has 0 saturated heterocycles. The standard InChI is InChI=1S/C20H21F2NO2/c21-20(22)8-6-17(7-9-20)23(14-24)18-11-16(12-19(25)13-18)10-15-4-2-1-3-5-15/h1-5,11-14,17,25H,6-10H2. The molecule has 0 radical (unpaired) electrons. The van der Waals surface area contributed by atoms with E-state index < -0.39 is 5.92 Å². The topological polar surface area (TPSA) is 40.5 Å². The van der Waals surface area contributed by atoms with Crippen molar-refractivity contribution in [3.63, 3.8) is 0 Å². The summed E-state index contributed by atoms with van der Waals surface area (Å²) in [7, 11) is 0. The Morgan fingerprint density at radius 3 is 2.40 bits per heavy atom. The molecule has 3 nitrogen and oxygen atoms in total. The molecule has 1 saturated carbocycles. The Bertz CT molecular complexity index is 724. The van der Waals surface area contributed by atoms with Gasteiger partial charge in [-0.25, -0.2) is 8.78 Å². The van der Waals surface area contributed by atoms with Crippen LogP contribution in [0.4, 0.5) is 14.5 Å². The highest BCUT2D eigenvalue weighted by molar-refractivity contribution is 5.77. The number of anilines is 1. The Labute approximate surface area is 145 Å². The van der Waals surface area contributed by atoms with Gasteiger partial charge < -0.3 is 10.0 Å². The van der Waals surface area contributed by atoms with Crippen LogP contribution in [-0.4, -0.2) is 23.5 Å². The number of amides is 1. The number of carbonyl (C=O) groups is 1. The second-order valence-corrected chi connectivity index (χ2v) is 6.62. The van der Waals surface area contributed by atoms with E-state index in [2.05, 4.69) is 0 Å². The van der Waals surface area contributed by atoms with Crippen LogP contribution in [0.1, 0.15) is 36.8 Å². The molecule has 1 aliphatic rings. The molecule has 1 amide bonds. The van der Waals surface area contributed by atoms with Gasteiger partial charge in [0.05, 0.1) is 0 Å². The van der Waals surface area contributed by atoms with E-state index in [4.69, 9.17) is 0 Å². The predicted molar refractivity (Wildman–Crippen MR) is 93.1 cm³/mol. The van der Waals surface area contributed by atoms with E-state index >= 15 is 0 Å². The molecular formula is C20H21F2NO2. The van der Waals surface area contributed by atoms with Crippen LogP contribution in [0.3, 0.4) is 0 Å². The SMILES string of the molecule is O=CN(c1cc(O)cc(Cc2ccccc2)c1)C1CCC(F)(F)CC1. The van der Waals surface area contributed by atoms with Crippen molar-refractivity contribution < 1.29 is 18.7 Å². The van der Waals surface area contributed by atoms with Crippen molar-refractivity contribution in [2.75, 3.05) is 4.90 Å². The van der Waals surface area contributed by atoms with Gasteiger partial charge in [0, 0.05) is 30.6 Å². The van der Waals surface area contributed by atoms with Gasteiger partial charge in [-0.3, -0.25) is 4.79 Å². The van der Waals surface area contributed by atoms with Crippen LogP contribution >= 0.6 is 0 Å². The van der Waals surface area contributed by atoms with E-state index in [1.165, 1.54) is 11.0 Å². The van der Waals surface area contributed by atoms with Crippen LogP contribution in [0.2, 0.25) is 0 Å². The minimum absolute atomic E-state index is 0.0661. The molecule has 0 heterocycles. The number of halogens is 2. The largest absolute Gasteiger partial charge is 0.508 e. The van der Waals surface area contributed by atoms with Crippen LogP contribution in [0.25, 0.3) is 0 Å². The average Bonchev–Trinajstić information content (AvgIpc) is 2.57. The van der Waals surface area contributed by atoms with E-state index in [0.717, 1.165) is 11.1 Å². The second-order valence-electron chi connectivity index (χ2n) is 6.62. The fraction of sp³-hybridized carbons (Fsp3) is 0.350. The highest BCUT2D eigenvalue weighted by Gasteiger charge is 2.37. The summed E-state index contributed by atoms with van der Waals surface area (Å²) in [6.45, 7) is 0. The number of phenolic OH excluding ortho intramolecular Hbond substituents is 1. The zero-order valence-electron chi connectivity index (χ0n) is 13.9. The smallest absolute Gasteiger partial charge is 0.248 e. The van der Waals surface area contributed by atoms with Gasteiger partial charge in [0.2, 0.25) is 12.3 Å². The van der Waals surface area contributed by atoms with Crippen LogP contribution in [-0.2, 0) is 11.2 Å². The highest BCUT2D eigenvalue weighted by atomic mass is 19.3. The third kappa shape index (κ3) is 4.35. The number of nitrogens with zero attached hydrogens (tertiary/aromatic N) is 1. The lowest BCUT2D eigenvalue weighted by atomic mass is 9.91. The van der Waals surface area contributed by atoms with Crippen molar-refractivity contribution in [3.8, 4) is 5.75 Å². The Morgan fingerprint density at radius 1 is 1.08 bits per heavy atom. The van der Waals surface area contributed by atoms with Gasteiger partial charge in [-0.05, 0) is 42.5 Å². The summed E-state index contributed by atoms with van der Waals surface area (Å²) in [5, 5.41) is 10.0. The minimum atomic E-state index is -2.64. The van der Waals surface area contributed by atoms with Crippen molar-refractivity contribution >= 4 is 12.1 Å². The number of benzene rings is 2. The van der Waals surface area contributed by atoms with Crippen molar-refractivity contribution in [1.82, 2.24) is 0 Å². The Balaban J connectivity index is 1.81. The van der Waals surface area contributed by atoms with Gasteiger partial charge in [-0.2, -0.15) is 0 Å². The van der Waals surface area contributed by atoms with Crippen LogP contribution < -0.4 is 4.90 Å². The molecule has 3 rings (SSSR count). The molecule has 0 bridgehead atoms. The van der Waals surface area contributed by atoms with E-state index in [1.807, 2.05) is 36.4 Å². The van der Waals surface area contributed by atoms with Crippen molar-refractivity contribution in [1.29, 1.82) is 0 Å². The fourth-order valence-corrected chi connectivity index (χ4v) is 3.40. The molecule has 0 aliphatic heterocycles. The van der Waals surface area contributed by atoms with E-state index in [9.17, 15) is 18.7 Å². The monoisotopic (exact) mass is 345 g/mol. The molecule has 132 valence electrons. The fourth-order valence-electron chi connectivity index (χ4n) is 3.40. The van der Waals surface area contributed by atoms with Gasteiger partial charge >= 0.3 is 0 Å². The van der Waals surface area contributed by atoms with Crippen molar-refractivity contribution in [2.24, 2.45) is 0 Å². The third-order valence-electron chi connectivity index (χ3n) is 4.71. The number of carbonyl (C=O) groups excluding carboxylic acids is 1. The Morgan fingerprint density at radius 2 is 1.76 bits per heavy atom. The molecule has 0 unspecified atom stereocenters. The van der Waals surface area contributed by atoms with Crippen molar-refractivity contribution in [2.45, 2.75) is 44.1 Å². The van der Waals surface area contributed by atoms with Crippen LogP contribution in [0.5, 0.6) is 5.75 Å². The lowest BCUT2D eigenvalue weighted by molar-refractivity contribution is -0.108. The molecule has 0 spiro atoms. The van der Waals surface area contributed by atoms with Crippen molar-refractivity contribution in [3.05, 3.63) is 59.7 Å². The summed E-state index contributed by atoms with van der Waals surface area (Å²) in [4.78, 5) is 13.1. The molecular weight excluding hydrogens is 324 g/mol. The molecule has 1 aliphatic carbocycles. The lowest BCUT2D eigenvalue weighted by Crippen LogP contribution is -2.40. The minimum Gasteiger partial charge on any atom is -0.508 e. The number of alkyl halides is 2. The first-order valence-electron chi connectivity index (χ1n) is 8.45. The first kappa shape index (κ1) is 17.4. The maximum atomic E-state index is 13.4. The van der Waals surface area contributed by atoms with Gasteiger partial charge in [0.15, 0.2) is 0 Å². The molecule has 0 aromatic heterocycles. The summed E-state index contributed by atoms with van der Waals surface area (Å²) in [6, 6.07) is 14.6. The summed E-state index contributed by atoms with van der Waals surface area (Å²) in [6.07, 6.45) is 1.40. The number of aromatic hydroxyl groups is 1. The van der Waals surface area contributed by atoms with Gasteiger partial charge in [-0.1, -0.05) is 30.3 Å². The number of hydrogen-bond acceptors (Lipinski definition) is 2. The normalized spacial score (nSPS) is 17.2.